The Hall–Kier alpha value is -1.39. The number of aliphatic hydroxyl groups excluding tert-OH is 1. The summed E-state index contributed by atoms with van der Waals surface area (Å²) in [4.78, 5) is 11.9. The van der Waals surface area contributed by atoms with Crippen LogP contribution in [0.5, 0.6) is 0 Å². The first-order valence-corrected chi connectivity index (χ1v) is 7.75. The predicted molar refractivity (Wildman–Crippen MR) is 85.7 cm³/mol. The highest BCUT2D eigenvalue weighted by atomic mass is 16.3. The summed E-state index contributed by atoms with van der Waals surface area (Å²) in [6.07, 6.45) is 2.73. The van der Waals surface area contributed by atoms with Crippen LogP contribution in [0.25, 0.3) is 0 Å². The number of hydrogen-bond acceptors (Lipinski definition) is 3. The average molecular weight is 292 g/mol. The number of nitrogens with two attached hydrogens (primary N) is 1. The molecule has 0 fully saturated rings. The SMILES string of the molecule is CCC(CC)(CO)CNC(=O)CCC(N)c1ccccc1. The molecule has 0 spiro atoms. The highest BCUT2D eigenvalue weighted by Gasteiger charge is 2.25. The number of amides is 1. The lowest BCUT2D eigenvalue weighted by Gasteiger charge is -2.29. The number of aliphatic hydroxyl groups is 1. The van der Waals surface area contributed by atoms with E-state index in [4.69, 9.17) is 5.73 Å². The number of carbonyl (C=O) groups excluding carboxylic acids is 1. The Kier molecular flexibility index (Phi) is 7.40. The molecule has 1 unspecified atom stereocenters. The third kappa shape index (κ3) is 5.48. The van der Waals surface area contributed by atoms with Crippen LogP contribution >= 0.6 is 0 Å². The van der Waals surface area contributed by atoms with Gasteiger partial charge in [0, 0.05) is 24.4 Å². The van der Waals surface area contributed by atoms with E-state index in [-0.39, 0.29) is 24.0 Å². The number of nitrogens with one attached hydrogen (secondary N) is 1. The molecular formula is C17H28N2O2. The molecule has 1 aromatic carbocycles. The molecule has 0 aliphatic carbocycles. The molecule has 1 atom stereocenters. The zero-order valence-electron chi connectivity index (χ0n) is 13.1. The standard InChI is InChI=1S/C17H28N2O2/c1-3-17(4-2,13-20)12-19-16(21)11-10-15(18)14-8-6-5-7-9-14/h5-9,15,20H,3-4,10-13,18H2,1-2H3,(H,19,21). The van der Waals surface area contributed by atoms with Crippen molar-refractivity contribution in [2.24, 2.45) is 11.1 Å². The van der Waals surface area contributed by atoms with E-state index in [1.807, 2.05) is 44.2 Å². The summed E-state index contributed by atoms with van der Waals surface area (Å²) in [5.41, 5.74) is 6.94. The quantitative estimate of drug-likeness (QED) is 0.654. The van der Waals surface area contributed by atoms with Crippen molar-refractivity contribution in [3.8, 4) is 0 Å². The largest absolute Gasteiger partial charge is 0.396 e. The molecule has 4 heteroatoms. The summed E-state index contributed by atoms with van der Waals surface area (Å²) in [7, 11) is 0. The molecule has 1 amide bonds. The minimum atomic E-state index is -0.197. The summed E-state index contributed by atoms with van der Waals surface area (Å²) >= 11 is 0. The van der Waals surface area contributed by atoms with Crippen LogP contribution in [-0.4, -0.2) is 24.2 Å². The van der Waals surface area contributed by atoms with Gasteiger partial charge < -0.3 is 16.2 Å². The Morgan fingerprint density at radius 1 is 1.29 bits per heavy atom. The van der Waals surface area contributed by atoms with Gasteiger partial charge in [0.1, 0.15) is 0 Å². The topological polar surface area (TPSA) is 75.3 Å². The van der Waals surface area contributed by atoms with E-state index in [0.717, 1.165) is 18.4 Å². The second-order valence-electron chi connectivity index (χ2n) is 5.70. The Morgan fingerprint density at radius 3 is 2.43 bits per heavy atom. The maximum Gasteiger partial charge on any atom is 0.220 e. The smallest absolute Gasteiger partial charge is 0.220 e. The van der Waals surface area contributed by atoms with Crippen LogP contribution in [0.15, 0.2) is 30.3 Å². The minimum Gasteiger partial charge on any atom is -0.396 e. The molecule has 1 aromatic rings. The van der Waals surface area contributed by atoms with E-state index in [1.54, 1.807) is 0 Å². The molecule has 0 saturated heterocycles. The first-order valence-electron chi connectivity index (χ1n) is 7.75. The lowest BCUT2D eigenvalue weighted by molar-refractivity contribution is -0.122. The van der Waals surface area contributed by atoms with Crippen LogP contribution in [-0.2, 0) is 4.79 Å². The minimum absolute atomic E-state index is 0.00102. The van der Waals surface area contributed by atoms with Crippen LogP contribution in [0.4, 0.5) is 0 Å². The number of rotatable bonds is 9. The molecular weight excluding hydrogens is 264 g/mol. The Bertz CT molecular complexity index is 408. The zero-order valence-corrected chi connectivity index (χ0v) is 13.1. The van der Waals surface area contributed by atoms with Gasteiger partial charge in [0.05, 0.1) is 6.61 Å². The summed E-state index contributed by atoms with van der Waals surface area (Å²) in [6.45, 7) is 4.70. The number of benzene rings is 1. The third-order valence-corrected chi connectivity index (χ3v) is 4.41. The summed E-state index contributed by atoms with van der Waals surface area (Å²) in [5, 5.41) is 12.4. The Morgan fingerprint density at radius 2 is 1.90 bits per heavy atom. The number of carbonyl (C=O) groups is 1. The van der Waals surface area contributed by atoms with Crippen molar-refractivity contribution in [3.63, 3.8) is 0 Å². The van der Waals surface area contributed by atoms with E-state index >= 15 is 0 Å². The van der Waals surface area contributed by atoms with Crippen molar-refractivity contribution >= 4 is 5.91 Å². The zero-order chi connectivity index (χ0) is 15.7. The van der Waals surface area contributed by atoms with Crippen LogP contribution in [0.1, 0.15) is 51.1 Å². The van der Waals surface area contributed by atoms with Gasteiger partial charge >= 0.3 is 0 Å². The van der Waals surface area contributed by atoms with Crippen molar-refractivity contribution < 1.29 is 9.90 Å². The molecule has 0 saturated carbocycles. The fourth-order valence-electron chi connectivity index (χ4n) is 2.31. The maximum atomic E-state index is 11.9. The maximum absolute atomic E-state index is 11.9. The fraction of sp³-hybridized carbons (Fsp3) is 0.588. The molecule has 0 radical (unpaired) electrons. The third-order valence-electron chi connectivity index (χ3n) is 4.41. The van der Waals surface area contributed by atoms with Gasteiger partial charge in [-0.25, -0.2) is 0 Å². The molecule has 0 heterocycles. The van der Waals surface area contributed by atoms with Crippen molar-refractivity contribution in [3.05, 3.63) is 35.9 Å². The highest BCUT2D eigenvalue weighted by molar-refractivity contribution is 5.75. The molecule has 1 rings (SSSR count). The van der Waals surface area contributed by atoms with E-state index < -0.39 is 0 Å². The van der Waals surface area contributed by atoms with Crippen molar-refractivity contribution in [1.29, 1.82) is 0 Å². The Labute approximate surface area is 127 Å². The van der Waals surface area contributed by atoms with Crippen LogP contribution in [0.3, 0.4) is 0 Å². The Balaban J connectivity index is 2.37. The van der Waals surface area contributed by atoms with Crippen molar-refractivity contribution in [2.45, 2.75) is 45.6 Å². The van der Waals surface area contributed by atoms with Crippen molar-refractivity contribution in [2.75, 3.05) is 13.2 Å². The van der Waals surface area contributed by atoms with E-state index in [1.165, 1.54) is 0 Å². The monoisotopic (exact) mass is 292 g/mol. The summed E-state index contributed by atoms with van der Waals surface area (Å²) < 4.78 is 0. The average Bonchev–Trinajstić information content (AvgIpc) is 2.55. The van der Waals surface area contributed by atoms with Gasteiger partial charge in [0.15, 0.2) is 0 Å². The second kappa shape index (κ2) is 8.80. The highest BCUT2D eigenvalue weighted by Crippen LogP contribution is 2.24. The fourth-order valence-corrected chi connectivity index (χ4v) is 2.31. The van der Waals surface area contributed by atoms with Crippen molar-refractivity contribution in [1.82, 2.24) is 5.32 Å². The molecule has 21 heavy (non-hydrogen) atoms. The lowest BCUT2D eigenvalue weighted by atomic mass is 9.83. The van der Waals surface area contributed by atoms with Gasteiger partial charge in [-0.05, 0) is 24.8 Å². The van der Waals surface area contributed by atoms with Gasteiger partial charge in [-0.1, -0.05) is 44.2 Å². The van der Waals surface area contributed by atoms with E-state index in [9.17, 15) is 9.90 Å². The molecule has 0 aliphatic rings. The van der Waals surface area contributed by atoms with E-state index in [0.29, 0.717) is 19.4 Å². The molecule has 0 aliphatic heterocycles. The molecule has 0 bridgehead atoms. The van der Waals surface area contributed by atoms with Gasteiger partial charge in [0.2, 0.25) is 5.91 Å². The van der Waals surface area contributed by atoms with E-state index in [2.05, 4.69) is 5.32 Å². The normalized spacial score (nSPS) is 13.0. The first-order chi connectivity index (χ1) is 10.1. The van der Waals surface area contributed by atoms with Gasteiger partial charge in [-0.15, -0.1) is 0 Å². The van der Waals surface area contributed by atoms with Gasteiger partial charge in [0.25, 0.3) is 0 Å². The van der Waals surface area contributed by atoms with Crippen LogP contribution < -0.4 is 11.1 Å². The number of hydrogen-bond donors (Lipinski definition) is 3. The molecule has 118 valence electrons. The van der Waals surface area contributed by atoms with Crippen LogP contribution in [0.2, 0.25) is 0 Å². The molecule has 4 nitrogen and oxygen atoms in total. The first kappa shape index (κ1) is 17.7. The predicted octanol–water partition coefficient (Wildman–Crippen LogP) is 2.38. The summed E-state index contributed by atoms with van der Waals surface area (Å²) in [6, 6.07) is 9.70. The van der Waals surface area contributed by atoms with Crippen LogP contribution in [0, 0.1) is 5.41 Å². The van der Waals surface area contributed by atoms with Gasteiger partial charge in [-0.3, -0.25) is 4.79 Å². The second-order valence-corrected chi connectivity index (χ2v) is 5.70. The molecule has 0 aromatic heterocycles. The molecule has 4 N–H and O–H groups in total. The lowest BCUT2D eigenvalue weighted by Crippen LogP contribution is -2.39. The summed E-state index contributed by atoms with van der Waals surface area (Å²) in [5.74, 6) is 0.00102. The van der Waals surface area contributed by atoms with Gasteiger partial charge in [-0.2, -0.15) is 0 Å².